The summed E-state index contributed by atoms with van der Waals surface area (Å²) >= 11 is 1.61. The lowest BCUT2D eigenvalue weighted by Crippen LogP contribution is -2.45. The number of ether oxygens (including phenoxy) is 3. The number of methoxy groups -OCH3 is 3. The van der Waals surface area contributed by atoms with Gasteiger partial charge in [-0.3, -0.25) is 9.59 Å². The predicted octanol–water partition coefficient (Wildman–Crippen LogP) is 4.73. The molecule has 0 aromatic heterocycles. The fraction of sp³-hybridized carbons (Fsp3) is 0.462. The van der Waals surface area contributed by atoms with Crippen LogP contribution in [-0.2, 0) is 9.59 Å². The highest BCUT2D eigenvalue weighted by Gasteiger charge is 2.32. The summed E-state index contributed by atoms with van der Waals surface area (Å²) in [7, 11) is 4.72. The number of hydrogen-bond donors (Lipinski definition) is 1. The van der Waals surface area contributed by atoms with Gasteiger partial charge in [0.2, 0.25) is 17.6 Å². The van der Waals surface area contributed by atoms with Gasteiger partial charge in [-0.05, 0) is 42.7 Å². The average Bonchev–Trinajstić information content (AvgIpc) is 3.00. The molecule has 1 heterocycles. The SMILES string of the molecule is COc1cc([C@@H]2CC(=O)N(CC(=O)NC3CCCCC3)c3ccccc3S2)cc(OC)c1OC. The first-order chi connectivity index (χ1) is 16.5. The topological polar surface area (TPSA) is 77.1 Å². The Morgan fingerprint density at radius 1 is 1.03 bits per heavy atom. The Labute approximate surface area is 205 Å². The van der Waals surface area contributed by atoms with E-state index in [0.717, 1.165) is 41.8 Å². The number of rotatable bonds is 7. The molecule has 2 aromatic rings. The van der Waals surface area contributed by atoms with Gasteiger partial charge in [0.15, 0.2) is 11.5 Å². The number of thioether (sulfide) groups is 1. The highest BCUT2D eigenvalue weighted by molar-refractivity contribution is 7.99. The van der Waals surface area contributed by atoms with Crippen LogP contribution in [0, 0.1) is 0 Å². The molecule has 2 aromatic carbocycles. The Kier molecular flexibility index (Phi) is 7.88. The molecule has 0 spiro atoms. The van der Waals surface area contributed by atoms with Gasteiger partial charge in [0.1, 0.15) is 6.54 Å². The number of para-hydroxylation sites is 1. The summed E-state index contributed by atoms with van der Waals surface area (Å²) < 4.78 is 16.5. The number of carbonyl (C=O) groups is 2. The molecule has 7 nitrogen and oxygen atoms in total. The molecule has 182 valence electrons. The lowest BCUT2D eigenvalue weighted by molar-refractivity contribution is -0.124. The van der Waals surface area contributed by atoms with Crippen molar-refractivity contribution in [3.8, 4) is 17.2 Å². The molecule has 0 saturated heterocycles. The summed E-state index contributed by atoms with van der Waals surface area (Å²) in [6.45, 7) is 0.0227. The standard InChI is InChI=1S/C26H32N2O5S/c1-31-20-13-17(14-21(32-2)26(20)33-3)23-15-25(30)28(19-11-7-8-12-22(19)34-23)16-24(29)27-18-9-5-4-6-10-18/h7-8,11-14,18,23H,4-6,9-10,15-16H2,1-3H3,(H,27,29)/t23-/m0/s1. The van der Waals surface area contributed by atoms with Crippen molar-refractivity contribution in [1.29, 1.82) is 0 Å². The number of nitrogens with one attached hydrogen (secondary N) is 1. The molecule has 0 bridgehead atoms. The van der Waals surface area contributed by atoms with Crippen LogP contribution < -0.4 is 24.4 Å². The molecule has 4 rings (SSSR count). The van der Waals surface area contributed by atoms with Crippen LogP contribution in [-0.4, -0.2) is 45.7 Å². The second-order valence-electron chi connectivity index (χ2n) is 8.62. The van der Waals surface area contributed by atoms with E-state index in [-0.39, 0.29) is 36.1 Å². The van der Waals surface area contributed by atoms with Gasteiger partial charge in [-0.25, -0.2) is 0 Å². The van der Waals surface area contributed by atoms with Crippen molar-refractivity contribution >= 4 is 29.3 Å². The first kappa shape index (κ1) is 24.3. The van der Waals surface area contributed by atoms with Crippen molar-refractivity contribution in [1.82, 2.24) is 5.32 Å². The minimum absolute atomic E-state index is 0.0227. The minimum Gasteiger partial charge on any atom is -0.493 e. The van der Waals surface area contributed by atoms with Crippen molar-refractivity contribution in [2.24, 2.45) is 0 Å². The minimum atomic E-state index is -0.172. The first-order valence-electron chi connectivity index (χ1n) is 11.7. The number of anilines is 1. The Hall–Kier alpha value is -2.87. The molecule has 0 unspecified atom stereocenters. The molecule has 1 aliphatic carbocycles. The molecule has 1 aliphatic heterocycles. The van der Waals surface area contributed by atoms with E-state index in [1.165, 1.54) is 6.42 Å². The third kappa shape index (κ3) is 5.27. The molecule has 8 heteroatoms. The van der Waals surface area contributed by atoms with Gasteiger partial charge >= 0.3 is 0 Å². The van der Waals surface area contributed by atoms with E-state index in [1.54, 1.807) is 38.0 Å². The molecule has 1 saturated carbocycles. The second kappa shape index (κ2) is 11.0. The van der Waals surface area contributed by atoms with Crippen molar-refractivity contribution in [2.75, 3.05) is 32.8 Å². The van der Waals surface area contributed by atoms with E-state index in [2.05, 4.69) is 5.32 Å². The van der Waals surface area contributed by atoms with E-state index < -0.39 is 0 Å². The van der Waals surface area contributed by atoms with Crippen LogP contribution in [0.3, 0.4) is 0 Å². The van der Waals surface area contributed by atoms with Gasteiger partial charge in [0.25, 0.3) is 0 Å². The maximum absolute atomic E-state index is 13.5. The summed E-state index contributed by atoms with van der Waals surface area (Å²) in [4.78, 5) is 28.9. The predicted molar refractivity (Wildman–Crippen MR) is 133 cm³/mol. The zero-order valence-electron chi connectivity index (χ0n) is 20.0. The van der Waals surface area contributed by atoms with Crippen LogP contribution in [0.1, 0.15) is 49.3 Å². The van der Waals surface area contributed by atoms with E-state index in [1.807, 2.05) is 36.4 Å². The average molecular weight is 485 g/mol. The van der Waals surface area contributed by atoms with Crippen LogP contribution in [0.4, 0.5) is 5.69 Å². The van der Waals surface area contributed by atoms with E-state index in [9.17, 15) is 9.59 Å². The molecular formula is C26H32N2O5S. The quantitative estimate of drug-likeness (QED) is 0.612. The molecule has 1 atom stereocenters. The van der Waals surface area contributed by atoms with Crippen LogP contribution in [0.15, 0.2) is 41.3 Å². The van der Waals surface area contributed by atoms with Crippen molar-refractivity contribution in [3.05, 3.63) is 42.0 Å². The summed E-state index contributed by atoms with van der Waals surface area (Å²) in [6.07, 6.45) is 5.77. The van der Waals surface area contributed by atoms with Crippen LogP contribution in [0.2, 0.25) is 0 Å². The highest BCUT2D eigenvalue weighted by Crippen LogP contribution is 2.49. The van der Waals surface area contributed by atoms with Crippen LogP contribution >= 0.6 is 11.8 Å². The van der Waals surface area contributed by atoms with Gasteiger partial charge in [-0.2, -0.15) is 0 Å². The van der Waals surface area contributed by atoms with Gasteiger partial charge < -0.3 is 24.4 Å². The molecule has 1 fully saturated rings. The summed E-state index contributed by atoms with van der Waals surface area (Å²) in [6, 6.07) is 11.7. The summed E-state index contributed by atoms with van der Waals surface area (Å²) in [5, 5.41) is 2.96. The Balaban J connectivity index is 1.60. The van der Waals surface area contributed by atoms with Crippen LogP contribution in [0.5, 0.6) is 17.2 Å². The Morgan fingerprint density at radius 2 is 1.71 bits per heavy atom. The number of carbonyl (C=O) groups excluding carboxylic acids is 2. The van der Waals surface area contributed by atoms with E-state index in [0.29, 0.717) is 17.2 Å². The van der Waals surface area contributed by atoms with Crippen LogP contribution in [0.25, 0.3) is 0 Å². The highest BCUT2D eigenvalue weighted by atomic mass is 32.2. The normalized spacial score (nSPS) is 18.6. The smallest absolute Gasteiger partial charge is 0.240 e. The molecule has 0 radical (unpaired) electrons. The maximum atomic E-state index is 13.5. The van der Waals surface area contributed by atoms with Gasteiger partial charge in [0.05, 0.1) is 27.0 Å². The fourth-order valence-corrected chi connectivity index (χ4v) is 5.95. The zero-order valence-corrected chi connectivity index (χ0v) is 20.8. The third-order valence-electron chi connectivity index (χ3n) is 6.42. The Morgan fingerprint density at radius 3 is 2.35 bits per heavy atom. The molecule has 1 N–H and O–H groups in total. The number of hydrogen-bond acceptors (Lipinski definition) is 6. The van der Waals surface area contributed by atoms with Gasteiger partial charge in [-0.1, -0.05) is 31.4 Å². The molecule has 2 amide bonds. The first-order valence-corrected chi connectivity index (χ1v) is 12.6. The number of amides is 2. The third-order valence-corrected chi connectivity index (χ3v) is 7.74. The summed E-state index contributed by atoms with van der Waals surface area (Å²) in [5.41, 5.74) is 1.67. The maximum Gasteiger partial charge on any atom is 0.240 e. The monoisotopic (exact) mass is 484 g/mol. The van der Waals surface area contributed by atoms with Crippen molar-refractivity contribution < 1.29 is 23.8 Å². The zero-order chi connectivity index (χ0) is 24.1. The Bertz CT molecular complexity index is 1010. The van der Waals surface area contributed by atoms with Gasteiger partial charge in [0, 0.05) is 22.6 Å². The fourth-order valence-electron chi connectivity index (χ4n) is 4.69. The summed E-state index contributed by atoms with van der Waals surface area (Å²) in [5.74, 6) is 1.42. The van der Waals surface area contributed by atoms with Gasteiger partial charge in [-0.15, -0.1) is 11.8 Å². The molecular weight excluding hydrogens is 452 g/mol. The lowest BCUT2D eigenvalue weighted by atomic mass is 9.95. The molecule has 2 aliphatic rings. The number of benzene rings is 2. The van der Waals surface area contributed by atoms with E-state index in [4.69, 9.17) is 14.2 Å². The van der Waals surface area contributed by atoms with Crippen molar-refractivity contribution in [3.63, 3.8) is 0 Å². The largest absolute Gasteiger partial charge is 0.493 e. The second-order valence-corrected chi connectivity index (χ2v) is 9.86. The van der Waals surface area contributed by atoms with E-state index >= 15 is 0 Å². The van der Waals surface area contributed by atoms with Crippen molar-refractivity contribution in [2.45, 2.75) is 54.7 Å². The molecule has 34 heavy (non-hydrogen) atoms. The number of nitrogens with zero attached hydrogens (tertiary/aromatic N) is 1. The number of fused-ring (bicyclic) bond motifs is 1. The lowest BCUT2D eigenvalue weighted by Gasteiger charge is -2.26.